The Labute approximate surface area is 127 Å². The molecule has 0 bridgehead atoms. The van der Waals surface area contributed by atoms with Crippen molar-refractivity contribution in [1.82, 2.24) is 0 Å². The summed E-state index contributed by atoms with van der Waals surface area (Å²) in [6, 6.07) is 12.8. The molecule has 0 aliphatic rings. The maximum atomic E-state index is 8.79. The summed E-state index contributed by atoms with van der Waals surface area (Å²) in [7, 11) is 0. The minimum atomic E-state index is -0.231. The largest absolute Gasteiger partial charge is 0.483 e. The molecule has 2 aromatic rings. The highest BCUT2D eigenvalue weighted by Crippen LogP contribution is 2.32. The van der Waals surface area contributed by atoms with Crippen molar-refractivity contribution in [3.8, 4) is 11.8 Å². The van der Waals surface area contributed by atoms with Crippen LogP contribution in [0, 0.1) is 11.3 Å². The van der Waals surface area contributed by atoms with E-state index < -0.39 is 0 Å². The molecule has 1 aromatic carbocycles. The third-order valence-corrected chi connectivity index (χ3v) is 4.27. The lowest BCUT2D eigenvalue weighted by molar-refractivity contribution is 0.174. The lowest BCUT2D eigenvalue weighted by Crippen LogP contribution is -2.30. The Hall–Kier alpha value is -1.54. The Kier molecular flexibility index (Phi) is 5.02. The first-order valence-corrected chi connectivity index (χ1v) is 7.51. The van der Waals surface area contributed by atoms with E-state index in [1.54, 1.807) is 24.3 Å². The number of ether oxygens (including phenoxy) is 1. The zero-order chi connectivity index (χ0) is 14.5. The van der Waals surface area contributed by atoms with Gasteiger partial charge >= 0.3 is 0 Å². The predicted octanol–water partition coefficient (Wildman–Crippen LogP) is 4.13. The molecule has 0 spiro atoms. The van der Waals surface area contributed by atoms with Crippen molar-refractivity contribution in [3.63, 3.8) is 0 Å². The van der Waals surface area contributed by atoms with E-state index in [0.29, 0.717) is 11.3 Å². The van der Waals surface area contributed by atoms with Gasteiger partial charge in [-0.05, 0) is 42.8 Å². The second kappa shape index (κ2) is 6.76. The molecular formula is C15H15ClN2OS. The first kappa shape index (κ1) is 14.9. The fraction of sp³-hybridized carbons (Fsp3) is 0.267. The molecule has 2 atom stereocenters. The summed E-state index contributed by atoms with van der Waals surface area (Å²) in [5, 5.41) is 8.79. The normalized spacial score (nSPS) is 13.5. The third kappa shape index (κ3) is 3.51. The third-order valence-electron chi connectivity index (χ3n) is 2.98. The minimum absolute atomic E-state index is 0.111. The monoisotopic (exact) mass is 306 g/mol. The lowest BCUT2D eigenvalue weighted by atomic mass is 10.1. The van der Waals surface area contributed by atoms with Gasteiger partial charge in [0.05, 0.1) is 16.0 Å². The number of nitriles is 1. The van der Waals surface area contributed by atoms with Crippen LogP contribution in [0.1, 0.15) is 29.9 Å². The second-order valence-electron chi connectivity index (χ2n) is 4.39. The SMILES string of the molecule is CCC(N)C(Oc1ccc(C#N)cc1)c1ccc(Cl)s1. The second-order valence-corrected chi connectivity index (χ2v) is 6.14. The van der Waals surface area contributed by atoms with E-state index in [9.17, 15) is 0 Å². The van der Waals surface area contributed by atoms with Gasteiger partial charge < -0.3 is 10.5 Å². The Morgan fingerprint density at radius 1 is 1.30 bits per heavy atom. The number of benzene rings is 1. The van der Waals surface area contributed by atoms with E-state index in [1.807, 2.05) is 19.1 Å². The molecule has 104 valence electrons. The van der Waals surface area contributed by atoms with Crippen molar-refractivity contribution >= 4 is 22.9 Å². The predicted molar refractivity (Wildman–Crippen MR) is 82.1 cm³/mol. The molecular weight excluding hydrogens is 292 g/mol. The molecule has 2 unspecified atom stereocenters. The summed E-state index contributed by atoms with van der Waals surface area (Å²) in [5.41, 5.74) is 6.75. The summed E-state index contributed by atoms with van der Waals surface area (Å²) in [5.74, 6) is 0.697. The fourth-order valence-electron chi connectivity index (χ4n) is 1.81. The van der Waals surface area contributed by atoms with Crippen LogP contribution in [0.4, 0.5) is 0 Å². The first-order chi connectivity index (χ1) is 9.63. The van der Waals surface area contributed by atoms with Gasteiger partial charge in [-0.3, -0.25) is 0 Å². The maximum Gasteiger partial charge on any atom is 0.148 e. The van der Waals surface area contributed by atoms with Crippen molar-refractivity contribution in [2.24, 2.45) is 5.73 Å². The summed E-state index contributed by atoms with van der Waals surface area (Å²) in [6.07, 6.45) is 0.571. The molecule has 2 rings (SSSR count). The summed E-state index contributed by atoms with van der Waals surface area (Å²) >= 11 is 7.46. The zero-order valence-electron chi connectivity index (χ0n) is 11.0. The first-order valence-electron chi connectivity index (χ1n) is 6.31. The summed E-state index contributed by atoms with van der Waals surface area (Å²) < 4.78 is 6.70. The quantitative estimate of drug-likeness (QED) is 0.903. The van der Waals surface area contributed by atoms with Crippen LogP contribution in [-0.2, 0) is 0 Å². The maximum absolute atomic E-state index is 8.79. The van der Waals surface area contributed by atoms with E-state index in [0.717, 1.165) is 15.6 Å². The number of hydrogen-bond donors (Lipinski definition) is 1. The molecule has 0 amide bonds. The highest BCUT2D eigenvalue weighted by molar-refractivity contribution is 7.16. The van der Waals surface area contributed by atoms with Crippen molar-refractivity contribution < 1.29 is 4.74 Å². The Morgan fingerprint density at radius 3 is 2.50 bits per heavy atom. The molecule has 20 heavy (non-hydrogen) atoms. The van der Waals surface area contributed by atoms with Crippen LogP contribution in [0.15, 0.2) is 36.4 Å². The average molecular weight is 307 g/mol. The van der Waals surface area contributed by atoms with Gasteiger partial charge in [0.2, 0.25) is 0 Å². The van der Waals surface area contributed by atoms with Gasteiger partial charge in [-0.2, -0.15) is 5.26 Å². The molecule has 5 heteroatoms. The van der Waals surface area contributed by atoms with Gasteiger partial charge in [-0.15, -0.1) is 11.3 Å². The van der Waals surface area contributed by atoms with E-state index in [2.05, 4.69) is 6.07 Å². The molecule has 2 N–H and O–H groups in total. The van der Waals surface area contributed by atoms with Gasteiger partial charge in [-0.1, -0.05) is 18.5 Å². The van der Waals surface area contributed by atoms with Crippen molar-refractivity contribution in [2.45, 2.75) is 25.5 Å². The van der Waals surface area contributed by atoms with Gasteiger partial charge in [0, 0.05) is 10.9 Å². The van der Waals surface area contributed by atoms with Crippen LogP contribution in [0.3, 0.4) is 0 Å². The number of nitrogens with zero attached hydrogens (tertiary/aromatic N) is 1. The molecule has 3 nitrogen and oxygen atoms in total. The highest BCUT2D eigenvalue weighted by atomic mass is 35.5. The van der Waals surface area contributed by atoms with Crippen molar-refractivity contribution in [2.75, 3.05) is 0 Å². The molecule has 0 radical (unpaired) electrons. The zero-order valence-corrected chi connectivity index (χ0v) is 12.6. The van der Waals surface area contributed by atoms with Crippen molar-refractivity contribution in [1.29, 1.82) is 5.26 Å². The Morgan fingerprint density at radius 2 is 2.00 bits per heavy atom. The van der Waals surface area contributed by atoms with Gasteiger partial charge in [0.15, 0.2) is 0 Å². The average Bonchev–Trinajstić information content (AvgIpc) is 2.91. The smallest absolute Gasteiger partial charge is 0.148 e. The fourth-order valence-corrected chi connectivity index (χ4v) is 2.97. The topological polar surface area (TPSA) is 59.0 Å². The van der Waals surface area contributed by atoms with Crippen molar-refractivity contribution in [3.05, 3.63) is 51.2 Å². The van der Waals surface area contributed by atoms with Crippen LogP contribution < -0.4 is 10.5 Å². The van der Waals surface area contributed by atoms with E-state index in [1.165, 1.54) is 11.3 Å². The minimum Gasteiger partial charge on any atom is -0.483 e. The lowest BCUT2D eigenvalue weighted by Gasteiger charge is -2.23. The van der Waals surface area contributed by atoms with Crippen LogP contribution in [-0.4, -0.2) is 6.04 Å². The summed E-state index contributed by atoms with van der Waals surface area (Å²) in [4.78, 5) is 1.01. The van der Waals surface area contributed by atoms with E-state index in [-0.39, 0.29) is 12.1 Å². The number of rotatable bonds is 5. The van der Waals surface area contributed by atoms with E-state index in [4.69, 9.17) is 27.3 Å². The Balaban J connectivity index is 2.21. The number of nitrogens with two attached hydrogens (primary N) is 1. The molecule has 0 saturated carbocycles. The Bertz CT molecular complexity index is 603. The standard InChI is InChI=1S/C15H15ClN2OS/c1-2-12(18)15(13-7-8-14(16)20-13)19-11-5-3-10(9-17)4-6-11/h3-8,12,15H,2,18H2,1H3. The van der Waals surface area contributed by atoms with E-state index >= 15 is 0 Å². The van der Waals surface area contributed by atoms with Crippen LogP contribution >= 0.6 is 22.9 Å². The molecule has 0 fully saturated rings. The molecule has 0 aliphatic heterocycles. The van der Waals surface area contributed by atoms with Crippen LogP contribution in [0.5, 0.6) is 5.75 Å². The molecule has 0 aliphatic carbocycles. The molecule has 0 saturated heterocycles. The van der Waals surface area contributed by atoms with Gasteiger partial charge in [0.25, 0.3) is 0 Å². The molecule has 1 aromatic heterocycles. The van der Waals surface area contributed by atoms with Gasteiger partial charge in [-0.25, -0.2) is 0 Å². The highest BCUT2D eigenvalue weighted by Gasteiger charge is 2.22. The van der Waals surface area contributed by atoms with Crippen LogP contribution in [0.2, 0.25) is 4.34 Å². The van der Waals surface area contributed by atoms with Gasteiger partial charge in [0.1, 0.15) is 11.9 Å². The summed E-state index contributed by atoms with van der Waals surface area (Å²) in [6.45, 7) is 2.02. The van der Waals surface area contributed by atoms with Crippen LogP contribution in [0.25, 0.3) is 0 Å². The molecule has 1 heterocycles. The number of hydrogen-bond acceptors (Lipinski definition) is 4. The number of halogens is 1. The number of thiophene rings is 1.